The minimum Gasteiger partial charge on any atom is -0.481 e. The molecule has 2 fully saturated rings. The van der Waals surface area contributed by atoms with Crippen LogP contribution in [0.4, 0.5) is 4.39 Å². The first-order valence-corrected chi connectivity index (χ1v) is 11.7. The summed E-state index contributed by atoms with van der Waals surface area (Å²) in [5.74, 6) is -2.68. The first-order valence-electron chi connectivity index (χ1n) is 9.32. The summed E-state index contributed by atoms with van der Waals surface area (Å²) in [4.78, 5) is 35.9. The SMILES string of the molecule is NS(=O)(=O)c1cc(C(=O)NC2CCC(C(=O)O)CC2)c(Br)c(C(=O)N[C@H]2C[C@H]2F)c1. The van der Waals surface area contributed by atoms with E-state index in [0.29, 0.717) is 25.7 Å². The maximum absolute atomic E-state index is 13.1. The summed E-state index contributed by atoms with van der Waals surface area (Å²) in [6, 6.07) is 1.15. The summed E-state index contributed by atoms with van der Waals surface area (Å²) >= 11 is 3.17. The van der Waals surface area contributed by atoms with E-state index in [-0.39, 0.29) is 28.1 Å². The molecule has 12 heteroatoms. The van der Waals surface area contributed by atoms with E-state index in [9.17, 15) is 27.2 Å². The highest BCUT2D eigenvalue weighted by Crippen LogP contribution is 2.30. The van der Waals surface area contributed by atoms with Gasteiger partial charge in [-0.2, -0.15) is 0 Å². The molecule has 0 radical (unpaired) electrons. The van der Waals surface area contributed by atoms with Crippen LogP contribution in [0.5, 0.6) is 0 Å². The second kappa shape index (κ2) is 8.60. The Kier molecular flexibility index (Phi) is 6.48. The number of carbonyl (C=O) groups excluding carboxylic acids is 2. The first kappa shape index (κ1) is 22.6. The van der Waals surface area contributed by atoms with Crippen LogP contribution in [0.3, 0.4) is 0 Å². The molecule has 0 unspecified atom stereocenters. The Bertz CT molecular complexity index is 994. The predicted molar refractivity (Wildman–Crippen MR) is 107 cm³/mol. The minimum absolute atomic E-state index is 0.0557. The van der Waals surface area contributed by atoms with Crippen molar-refractivity contribution in [3.63, 3.8) is 0 Å². The van der Waals surface area contributed by atoms with Gasteiger partial charge in [0.1, 0.15) is 6.17 Å². The van der Waals surface area contributed by atoms with Gasteiger partial charge in [0.15, 0.2) is 0 Å². The summed E-state index contributed by atoms with van der Waals surface area (Å²) in [7, 11) is -4.23. The van der Waals surface area contributed by atoms with E-state index in [1.165, 1.54) is 0 Å². The normalized spacial score (nSPS) is 26.0. The van der Waals surface area contributed by atoms with Crippen molar-refractivity contribution in [3.05, 3.63) is 27.7 Å². The fourth-order valence-corrected chi connectivity index (χ4v) is 4.55. The molecule has 0 heterocycles. The van der Waals surface area contributed by atoms with Crippen LogP contribution < -0.4 is 15.8 Å². The number of nitrogens with two attached hydrogens (primary N) is 1. The van der Waals surface area contributed by atoms with Crippen molar-refractivity contribution in [1.82, 2.24) is 10.6 Å². The molecule has 0 spiro atoms. The lowest BCUT2D eigenvalue weighted by molar-refractivity contribution is -0.142. The predicted octanol–water partition coefficient (Wildman–Crippen LogP) is 1.31. The lowest BCUT2D eigenvalue weighted by Crippen LogP contribution is -2.39. The van der Waals surface area contributed by atoms with Gasteiger partial charge >= 0.3 is 5.97 Å². The number of sulfonamides is 1. The number of amides is 2. The van der Waals surface area contributed by atoms with Gasteiger partial charge in [-0.05, 0) is 53.7 Å². The maximum Gasteiger partial charge on any atom is 0.306 e. The first-order chi connectivity index (χ1) is 14.0. The number of alkyl halides is 1. The van der Waals surface area contributed by atoms with Crippen molar-refractivity contribution >= 4 is 43.7 Å². The molecule has 2 saturated carbocycles. The highest BCUT2D eigenvalue weighted by atomic mass is 79.9. The number of carboxylic acid groups (broad SMARTS) is 1. The molecule has 2 amide bonds. The molecule has 1 aromatic rings. The number of carboxylic acids is 1. The molecule has 9 nitrogen and oxygen atoms in total. The third-order valence-corrected chi connectivity index (χ3v) is 7.05. The molecule has 0 saturated heterocycles. The second-order valence-electron chi connectivity index (χ2n) is 7.57. The molecule has 2 aliphatic rings. The number of aliphatic carboxylic acids is 1. The number of benzene rings is 1. The van der Waals surface area contributed by atoms with E-state index in [0.717, 1.165) is 12.1 Å². The van der Waals surface area contributed by atoms with Gasteiger partial charge < -0.3 is 15.7 Å². The second-order valence-corrected chi connectivity index (χ2v) is 9.92. The number of nitrogens with one attached hydrogen (secondary N) is 2. The molecular formula is C18H21BrFN3O6S. The molecule has 2 aliphatic carbocycles. The van der Waals surface area contributed by atoms with Crippen molar-refractivity contribution in [2.75, 3.05) is 0 Å². The number of primary sulfonamides is 1. The molecule has 30 heavy (non-hydrogen) atoms. The highest BCUT2D eigenvalue weighted by molar-refractivity contribution is 9.10. The number of carbonyl (C=O) groups is 3. The van der Waals surface area contributed by atoms with E-state index in [1.54, 1.807) is 0 Å². The summed E-state index contributed by atoms with van der Waals surface area (Å²) in [6.07, 6.45) is 0.767. The molecule has 2 atom stereocenters. The number of hydrogen-bond acceptors (Lipinski definition) is 5. The zero-order chi connectivity index (χ0) is 22.2. The van der Waals surface area contributed by atoms with Crippen LogP contribution >= 0.6 is 15.9 Å². The zero-order valence-electron chi connectivity index (χ0n) is 15.7. The fraction of sp³-hybridized carbons (Fsp3) is 0.500. The molecule has 0 bridgehead atoms. The molecule has 5 N–H and O–H groups in total. The van der Waals surface area contributed by atoms with Crippen molar-refractivity contribution in [2.45, 2.75) is 55.3 Å². The van der Waals surface area contributed by atoms with E-state index >= 15 is 0 Å². The van der Waals surface area contributed by atoms with Gasteiger partial charge in [0.2, 0.25) is 10.0 Å². The maximum atomic E-state index is 13.1. The largest absolute Gasteiger partial charge is 0.481 e. The van der Waals surface area contributed by atoms with Crippen LogP contribution in [-0.2, 0) is 14.8 Å². The molecule has 164 valence electrons. The number of hydrogen-bond donors (Lipinski definition) is 4. The molecule has 0 aromatic heterocycles. The Labute approximate surface area is 180 Å². The lowest BCUT2D eigenvalue weighted by Gasteiger charge is -2.27. The third kappa shape index (κ3) is 5.16. The molecule has 1 aromatic carbocycles. The van der Waals surface area contributed by atoms with Gasteiger partial charge in [0, 0.05) is 16.9 Å². The van der Waals surface area contributed by atoms with Crippen LogP contribution in [0.2, 0.25) is 0 Å². The van der Waals surface area contributed by atoms with Gasteiger partial charge in [-0.25, -0.2) is 17.9 Å². The Hall–Kier alpha value is -2.05. The Morgan fingerprint density at radius 1 is 1.07 bits per heavy atom. The summed E-state index contributed by atoms with van der Waals surface area (Å²) in [6.45, 7) is 0. The van der Waals surface area contributed by atoms with Gasteiger partial charge in [-0.3, -0.25) is 14.4 Å². The smallest absolute Gasteiger partial charge is 0.306 e. The standard InChI is InChI=1S/C18H21BrFN3O6S/c19-15-11(16(24)22-9-3-1-8(2-4-9)18(26)27)5-10(30(21,28)29)6-12(15)17(25)23-14-7-13(14)20/h5-6,8-9,13-14H,1-4,7H2,(H,22,24)(H,23,25)(H,26,27)(H2,21,28,29)/t8?,9?,13-,14+/m1/s1. The van der Waals surface area contributed by atoms with E-state index < -0.39 is 50.8 Å². The number of halogens is 2. The third-order valence-electron chi connectivity index (χ3n) is 5.30. The van der Waals surface area contributed by atoms with Gasteiger partial charge in [-0.1, -0.05) is 0 Å². The van der Waals surface area contributed by atoms with Crippen molar-refractivity contribution in [3.8, 4) is 0 Å². The van der Waals surface area contributed by atoms with Crippen LogP contribution in [0.15, 0.2) is 21.5 Å². The summed E-state index contributed by atoms with van der Waals surface area (Å²) in [5, 5.41) is 19.4. The molecule has 0 aliphatic heterocycles. The fourth-order valence-electron chi connectivity index (χ4n) is 3.40. The van der Waals surface area contributed by atoms with Crippen LogP contribution in [0, 0.1) is 5.92 Å². The highest BCUT2D eigenvalue weighted by Gasteiger charge is 2.39. The van der Waals surface area contributed by atoms with Crippen molar-refractivity contribution in [1.29, 1.82) is 0 Å². The van der Waals surface area contributed by atoms with E-state index in [2.05, 4.69) is 26.6 Å². The topological polar surface area (TPSA) is 156 Å². The van der Waals surface area contributed by atoms with Crippen molar-refractivity contribution in [2.24, 2.45) is 11.1 Å². The van der Waals surface area contributed by atoms with E-state index in [1.807, 2.05) is 0 Å². The van der Waals surface area contributed by atoms with Gasteiger partial charge in [0.25, 0.3) is 11.8 Å². The average Bonchev–Trinajstić information content (AvgIpc) is 3.35. The van der Waals surface area contributed by atoms with Gasteiger partial charge in [0.05, 0.1) is 28.0 Å². The van der Waals surface area contributed by atoms with Crippen LogP contribution in [0.1, 0.15) is 52.8 Å². The Morgan fingerprint density at radius 2 is 1.57 bits per heavy atom. The van der Waals surface area contributed by atoms with E-state index in [4.69, 9.17) is 10.2 Å². The monoisotopic (exact) mass is 505 g/mol. The van der Waals surface area contributed by atoms with Gasteiger partial charge in [-0.15, -0.1) is 0 Å². The average molecular weight is 506 g/mol. The zero-order valence-corrected chi connectivity index (χ0v) is 18.1. The quantitative estimate of drug-likeness (QED) is 0.456. The molecule has 3 rings (SSSR count). The Morgan fingerprint density at radius 3 is 2.00 bits per heavy atom. The lowest BCUT2D eigenvalue weighted by atomic mass is 9.86. The summed E-state index contributed by atoms with van der Waals surface area (Å²) < 4.78 is 36.9. The summed E-state index contributed by atoms with van der Waals surface area (Å²) in [5.41, 5.74) is -0.264. The molecular weight excluding hydrogens is 485 g/mol. The van der Waals surface area contributed by atoms with Crippen LogP contribution in [0.25, 0.3) is 0 Å². The minimum atomic E-state index is -4.23. The van der Waals surface area contributed by atoms with Crippen LogP contribution in [-0.4, -0.2) is 49.6 Å². The Balaban J connectivity index is 1.83. The number of rotatable bonds is 6. The van der Waals surface area contributed by atoms with Crippen molar-refractivity contribution < 1.29 is 32.3 Å².